The Morgan fingerprint density at radius 1 is 1.32 bits per heavy atom. The number of anilines is 1. The Balaban J connectivity index is 1.69. The van der Waals surface area contributed by atoms with Gasteiger partial charge in [-0.25, -0.2) is 4.98 Å². The number of morpholine rings is 1. The van der Waals surface area contributed by atoms with E-state index in [1.165, 1.54) is 12.8 Å². The van der Waals surface area contributed by atoms with E-state index < -0.39 is 0 Å². The summed E-state index contributed by atoms with van der Waals surface area (Å²) in [6, 6.07) is 8.33. The molecule has 3 heterocycles. The van der Waals surface area contributed by atoms with Crippen LogP contribution in [0.2, 0.25) is 0 Å². The van der Waals surface area contributed by atoms with Gasteiger partial charge in [-0.2, -0.15) is 5.26 Å². The summed E-state index contributed by atoms with van der Waals surface area (Å²) < 4.78 is 5.82. The third-order valence-corrected chi connectivity index (χ3v) is 4.48. The zero-order valence-electron chi connectivity index (χ0n) is 13.4. The van der Waals surface area contributed by atoms with Crippen LogP contribution in [0.3, 0.4) is 0 Å². The van der Waals surface area contributed by atoms with Gasteiger partial charge in [0.05, 0.1) is 12.2 Å². The van der Waals surface area contributed by atoms with Crippen LogP contribution in [0.5, 0.6) is 0 Å². The molecule has 1 aromatic rings. The summed E-state index contributed by atoms with van der Waals surface area (Å²) in [4.78, 5) is 9.34. The normalized spacial score (nSPS) is 29.5. The molecule has 5 nitrogen and oxygen atoms in total. The first-order chi connectivity index (χ1) is 10.7. The van der Waals surface area contributed by atoms with E-state index in [0.29, 0.717) is 23.9 Å². The summed E-state index contributed by atoms with van der Waals surface area (Å²) in [6.45, 7) is 8.37. The molecule has 0 amide bonds. The molecule has 0 bridgehead atoms. The molecule has 0 spiro atoms. The Kier molecular flexibility index (Phi) is 4.60. The molecule has 0 N–H and O–H groups in total. The third kappa shape index (κ3) is 3.40. The summed E-state index contributed by atoms with van der Waals surface area (Å²) in [5.41, 5.74) is 0.497. The van der Waals surface area contributed by atoms with Gasteiger partial charge in [-0.15, -0.1) is 0 Å². The van der Waals surface area contributed by atoms with E-state index in [4.69, 9.17) is 10.00 Å². The maximum atomic E-state index is 9.04. The first kappa shape index (κ1) is 15.3. The largest absolute Gasteiger partial charge is 0.373 e. The summed E-state index contributed by atoms with van der Waals surface area (Å²) in [6.07, 6.45) is 2.99. The zero-order valence-corrected chi connectivity index (χ0v) is 13.4. The molecule has 2 aliphatic rings. The monoisotopic (exact) mass is 300 g/mol. The second kappa shape index (κ2) is 6.64. The second-order valence-electron chi connectivity index (χ2n) is 6.46. The van der Waals surface area contributed by atoms with E-state index in [-0.39, 0.29) is 0 Å². The van der Waals surface area contributed by atoms with Crippen molar-refractivity contribution in [3.05, 3.63) is 23.9 Å². The van der Waals surface area contributed by atoms with E-state index >= 15 is 0 Å². The van der Waals surface area contributed by atoms with Crippen LogP contribution in [-0.4, -0.2) is 54.3 Å². The van der Waals surface area contributed by atoms with Crippen molar-refractivity contribution in [2.75, 3.05) is 31.1 Å². The molecule has 1 aromatic heterocycles. The highest BCUT2D eigenvalue weighted by molar-refractivity contribution is 5.43. The van der Waals surface area contributed by atoms with Crippen molar-refractivity contribution in [1.29, 1.82) is 5.26 Å². The van der Waals surface area contributed by atoms with Crippen molar-refractivity contribution < 1.29 is 4.74 Å². The fourth-order valence-electron chi connectivity index (χ4n) is 3.70. The molecular formula is C17H24N4O. The lowest BCUT2D eigenvalue weighted by atomic mass is 10.1. The van der Waals surface area contributed by atoms with Crippen LogP contribution in [0.25, 0.3) is 0 Å². The lowest BCUT2D eigenvalue weighted by Gasteiger charge is -2.38. The first-order valence-corrected chi connectivity index (χ1v) is 8.17. The van der Waals surface area contributed by atoms with Crippen LogP contribution in [-0.2, 0) is 4.74 Å². The van der Waals surface area contributed by atoms with E-state index in [2.05, 4.69) is 34.7 Å². The number of rotatable bonds is 3. The molecular weight excluding hydrogens is 276 g/mol. The van der Waals surface area contributed by atoms with Crippen molar-refractivity contribution >= 4 is 5.82 Å². The number of nitrogens with zero attached hydrogens (tertiary/aromatic N) is 4. The fraction of sp³-hybridized carbons (Fsp3) is 0.647. The molecule has 0 aromatic carbocycles. The number of hydrogen-bond acceptors (Lipinski definition) is 5. The van der Waals surface area contributed by atoms with Gasteiger partial charge in [0.1, 0.15) is 17.6 Å². The lowest BCUT2D eigenvalue weighted by Crippen LogP contribution is -2.50. The Bertz CT molecular complexity index is 546. The van der Waals surface area contributed by atoms with Crippen molar-refractivity contribution in [3.8, 4) is 6.07 Å². The molecule has 0 aliphatic carbocycles. The molecule has 3 rings (SSSR count). The Morgan fingerprint density at radius 3 is 2.82 bits per heavy atom. The number of aromatic nitrogens is 1. The zero-order chi connectivity index (χ0) is 15.5. The van der Waals surface area contributed by atoms with E-state index in [1.54, 1.807) is 6.07 Å². The molecule has 118 valence electrons. The summed E-state index contributed by atoms with van der Waals surface area (Å²) in [7, 11) is 0. The minimum atomic E-state index is 0.304. The van der Waals surface area contributed by atoms with Gasteiger partial charge in [0, 0.05) is 32.2 Å². The standard InChI is InChI=1S/C17H24N4O/c1-13-10-20(11-14(2)22-13)12-16-6-4-8-21(16)17-7-3-5-15(9-18)19-17/h3,5,7,13-14,16H,4,6,8,10-12H2,1-2H3/t13-,14-,16-/m1/s1. The van der Waals surface area contributed by atoms with Gasteiger partial charge in [0.15, 0.2) is 0 Å². The SMILES string of the molecule is C[C@@H]1CN(C[C@H]2CCCN2c2cccc(C#N)n2)C[C@@H](C)O1. The van der Waals surface area contributed by atoms with Gasteiger partial charge < -0.3 is 9.64 Å². The van der Waals surface area contributed by atoms with Crippen LogP contribution >= 0.6 is 0 Å². The van der Waals surface area contributed by atoms with Gasteiger partial charge in [0.2, 0.25) is 0 Å². The molecule has 22 heavy (non-hydrogen) atoms. The van der Waals surface area contributed by atoms with Crippen molar-refractivity contribution in [2.45, 2.75) is 44.9 Å². The molecule has 0 saturated carbocycles. The first-order valence-electron chi connectivity index (χ1n) is 8.17. The Labute approximate surface area is 132 Å². The highest BCUT2D eigenvalue weighted by atomic mass is 16.5. The van der Waals surface area contributed by atoms with Crippen LogP contribution in [0.15, 0.2) is 18.2 Å². The summed E-state index contributed by atoms with van der Waals surface area (Å²) in [5.74, 6) is 0.941. The highest BCUT2D eigenvalue weighted by Crippen LogP contribution is 2.25. The van der Waals surface area contributed by atoms with Gasteiger partial charge in [-0.05, 0) is 38.8 Å². The van der Waals surface area contributed by atoms with Crippen molar-refractivity contribution in [2.24, 2.45) is 0 Å². The third-order valence-electron chi connectivity index (χ3n) is 4.48. The number of ether oxygens (including phenoxy) is 1. The van der Waals surface area contributed by atoms with Crippen molar-refractivity contribution in [1.82, 2.24) is 9.88 Å². The summed E-state index contributed by atoms with van der Waals surface area (Å²) >= 11 is 0. The minimum Gasteiger partial charge on any atom is -0.373 e. The molecule has 2 fully saturated rings. The average molecular weight is 300 g/mol. The molecule has 3 atom stereocenters. The van der Waals surface area contributed by atoms with Crippen LogP contribution in [0, 0.1) is 11.3 Å². The Morgan fingerprint density at radius 2 is 2.09 bits per heavy atom. The van der Waals surface area contributed by atoms with Gasteiger partial charge in [-0.1, -0.05) is 6.07 Å². The lowest BCUT2D eigenvalue weighted by molar-refractivity contribution is -0.0689. The minimum absolute atomic E-state index is 0.304. The van der Waals surface area contributed by atoms with Crippen LogP contribution in [0.1, 0.15) is 32.4 Å². The molecule has 0 radical (unpaired) electrons. The maximum Gasteiger partial charge on any atom is 0.142 e. The maximum absolute atomic E-state index is 9.04. The van der Waals surface area contributed by atoms with E-state index in [1.807, 2.05) is 12.1 Å². The quantitative estimate of drug-likeness (QED) is 0.855. The molecule has 2 aliphatic heterocycles. The number of hydrogen-bond donors (Lipinski definition) is 0. The van der Waals surface area contributed by atoms with Gasteiger partial charge >= 0.3 is 0 Å². The molecule has 2 saturated heterocycles. The molecule has 0 unspecified atom stereocenters. The average Bonchev–Trinajstić information content (AvgIpc) is 2.94. The topological polar surface area (TPSA) is 52.4 Å². The van der Waals surface area contributed by atoms with Crippen LogP contribution in [0.4, 0.5) is 5.82 Å². The van der Waals surface area contributed by atoms with Crippen LogP contribution < -0.4 is 4.90 Å². The number of pyridine rings is 1. The predicted molar refractivity (Wildman–Crippen MR) is 85.8 cm³/mol. The highest BCUT2D eigenvalue weighted by Gasteiger charge is 2.30. The fourth-order valence-corrected chi connectivity index (χ4v) is 3.70. The van der Waals surface area contributed by atoms with Gasteiger partial charge in [-0.3, -0.25) is 4.90 Å². The van der Waals surface area contributed by atoms with E-state index in [0.717, 1.165) is 32.0 Å². The van der Waals surface area contributed by atoms with Crippen molar-refractivity contribution in [3.63, 3.8) is 0 Å². The second-order valence-corrected chi connectivity index (χ2v) is 6.46. The van der Waals surface area contributed by atoms with E-state index in [9.17, 15) is 0 Å². The smallest absolute Gasteiger partial charge is 0.142 e. The Hall–Kier alpha value is -1.64. The summed E-state index contributed by atoms with van der Waals surface area (Å²) in [5, 5.41) is 9.04. The van der Waals surface area contributed by atoms with Gasteiger partial charge in [0.25, 0.3) is 0 Å². The molecule has 5 heteroatoms. The predicted octanol–water partition coefficient (Wildman–Crippen LogP) is 2.03. The number of nitriles is 1.